The zero-order valence-corrected chi connectivity index (χ0v) is 7.94. The lowest BCUT2D eigenvalue weighted by molar-refractivity contribution is -0.986. The normalized spacial score (nSPS) is 10.4. The van der Waals surface area contributed by atoms with E-state index >= 15 is 0 Å². The summed E-state index contributed by atoms with van der Waals surface area (Å²) >= 11 is 0. The van der Waals surface area contributed by atoms with Crippen LogP contribution in [0.5, 0.6) is 0 Å². The third kappa shape index (κ3) is 1.52. The summed E-state index contributed by atoms with van der Waals surface area (Å²) in [5.74, 6) is -5.12. The van der Waals surface area contributed by atoms with Crippen LogP contribution in [0.4, 0.5) is 5.82 Å². The standard InChI is InChI=1S/C3N8O7/c4-8-5-2-1(6-18-7-2)3(9(12)13,10(14)15)11(16)17. The minimum absolute atomic E-state index is 1.07. The molecule has 0 spiro atoms. The van der Waals surface area contributed by atoms with Gasteiger partial charge < -0.3 is 0 Å². The van der Waals surface area contributed by atoms with Crippen LogP contribution in [0.15, 0.2) is 9.74 Å². The van der Waals surface area contributed by atoms with Gasteiger partial charge in [0.25, 0.3) is 0 Å². The van der Waals surface area contributed by atoms with Crippen molar-refractivity contribution >= 4 is 5.82 Å². The van der Waals surface area contributed by atoms with Gasteiger partial charge in [-0.25, -0.2) is 4.63 Å². The highest BCUT2D eigenvalue weighted by Gasteiger charge is 2.76. The Morgan fingerprint density at radius 1 is 1.17 bits per heavy atom. The maximum absolute atomic E-state index is 10.6. The summed E-state index contributed by atoms with van der Waals surface area (Å²) in [6.45, 7) is 0. The van der Waals surface area contributed by atoms with E-state index in [0.717, 1.165) is 0 Å². The second kappa shape index (κ2) is 4.26. The summed E-state index contributed by atoms with van der Waals surface area (Å²) in [4.78, 5) is 28.6. The summed E-state index contributed by atoms with van der Waals surface area (Å²) in [6.07, 6.45) is 0. The van der Waals surface area contributed by atoms with Gasteiger partial charge in [-0.1, -0.05) is 0 Å². The Bertz CT molecular complexity index is 533. The molecule has 18 heavy (non-hydrogen) atoms. The number of nitrogens with zero attached hydrogens (tertiary/aromatic N) is 8. The molecule has 0 atom stereocenters. The number of hydrogen-bond acceptors (Lipinski definition) is 10. The van der Waals surface area contributed by atoms with Gasteiger partial charge in [-0.15, -0.1) is 0 Å². The Kier molecular flexibility index (Phi) is 3.01. The molecule has 0 aliphatic rings. The highest BCUT2D eigenvalue weighted by molar-refractivity contribution is 5.32. The predicted molar refractivity (Wildman–Crippen MR) is 45.8 cm³/mol. The Balaban J connectivity index is 3.68. The molecule has 1 heterocycles. The van der Waals surface area contributed by atoms with Crippen LogP contribution in [0.2, 0.25) is 0 Å². The van der Waals surface area contributed by atoms with Crippen molar-refractivity contribution in [1.29, 1.82) is 0 Å². The van der Waals surface area contributed by atoms with Crippen molar-refractivity contribution < 1.29 is 19.4 Å². The summed E-state index contributed by atoms with van der Waals surface area (Å²) in [5.41, 5.74) is 6.65. The van der Waals surface area contributed by atoms with Gasteiger partial charge in [0.05, 0.1) is 0 Å². The number of rotatable bonds is 5. The van der Waals surface area contributed by atoms with Gasteiger partial charge in [-0.3, -0.25) is 30.3 Å². The minimum atomic E-state index is -4.05. The lowest BCUT2D eigenvalue weighted by Crippen LogP contribution is -2.50. The molecule has 94 valence electrons. The lowest BCUT2D eigenvalue weighted by Gasteiger charge is -2.05. The quantitative estimate of drug-likeness (QED) is 0.172. The fourth-order valence-electron chi connectivity index (χ4n) is 0.963. The van der Waals surface area contributed by atoms with Gasteiger partial charge in [0.15, 0.2) is 14.8 Å². The lowest BCUT2D eigenvalue weighted by atomic mass is 10.2. The first-order chi connectivity index (χ1) is 8.38. The maximum atomic E-state index is 10.6. The van der Waals surface area contributed by atoms with Crippen molar-refractivity contribution in [3.8, 4) is 0 Å². The highest BCUT2D eigenvalue weighted by Crippen LogP contribution is 2.31. The average molecular weight is 260 g/mol. The van der Waals surface area contributed by atoms with Crippen molar-refractivity contribution in [3.05, 3.63) is 46.5 Å². The molecule has 0 bridgehead atoms. The zero-order valence-electron chi connectivity index (χ0n) is 7.94. The van der Waals surface area contributed by atoms with E-state index in [-0.39, 0.29) is 0 Å². The second-order valence-corrected chi connectivity index (χ2v) is 2.53. The first-order valence-electron chi connectivity index (χ1n) is 3.70. The van der Waals surface area contributed by atoms with Crippen LogP contribution in [0.1, 0.15) is 5.69 Å². The first kappa shape index (κ1) is 12.7. The summed E-state index contributed by atoms with van der Waals surface area (Å²) in [6, 6.07) is 0. The van der Waals surface area contributed by atoms with Crippen LogP contribution < -0.4 is 0 Å². The van der Waals surface area contributed by atoms with E-state index in [1.807, 2.05) is 0 Å². The molecule has 0 saturated heterocycles. The molecule has 1 rings (SSSR count). The van der Waals surface area contributed by atoms with Crippen LogP contribution in [0.3, 0.4) is 0 Å². The molecule has 1 aromatic rings. The first-order valence-corrected chi connectivity index (χ1v) is 3.70. The van der Waals surface area contributed by atoms with Crippen LogP contribution in [-0.2, 0) is 5.79 Å². The SMILES string of the molecule is [N-]=[N+]=Nc1nonc1C([N+](=O)[O-])([N+](=O)[O-])[N+](=O)[O-]. The smallest absolute Gasteiger partial charge is 0.252 e. The molecule has 15 nitrogen and oxygen atoms in total. The maximum Gasteiger partial charge on any atom is 0.751 e. The van der Waals surface area contributed by atoms with Crippen molar-refractivity contribution in [2.75, 3.05) is 0 Å². The van der Waals surface area contributed by atoms with E-state index in [1.165, 1.54) is 0 Å². The number of hydrogen-bond donors (Lipinski definition) is 0. The Morgan fingerprint density at radius 3 is 2.06 bits per heavy atom. The van der Waals surface area contributed by atoms with Crippen LogP contribution in [-0.4, -0.2) is 25.1 Å². The number of nitro groups is 3. The van der Waals surface area contributed by atoms with Gasteiger partial charge in [-0.05, 0) is 21.0 Å². The molecule has 0 saturated carbocycles. The largest absolute Gasteiger partial charge is 0.751 e. The van der Waals surface area contributed by atoms with Crippen molar-refractivity contribution in [2.45, 2.75) is 5.79 Å². The Labute approximate surface area is 94.0 Å². The fourth-order valence-corrected chi connectivity index (χ4v) is 0.963. The molecular weight excluding hydrogens is 260 g/mol. The van der Waals surface area contributed by atoms with Gasteiger partial charge in [0, 0.05) is 4.91 Å². The summed E-state index contributed by atoms with van der Waals surface area (Å²) in [5, 5.41) is 40.1. The van der Waals surface area contributed by atoms with Crippen LogP contribution in [0.25, 0.3) is 10.4 Å². The van der Waals surface area contributed by atoms with Crippen molar-refractivity contribution in [2.24, 2.45) is 5.11 Å². The summed E-state index contributed by atoms with van der Waals surface area (Å²) < 4.78 is 3.88. The van der Waals surface area contributed by atoms with E-state index in [2.05, 4.69) is 25.0 Å². The van der Waals surface area contributed by atoms with Gasteiger partial charge in [0.2, 0.25) is 5.82 Å². The minimum Gasteiger partial charge on any atom is -0.252 e. The second-order valence-electron chi connectivity index (χ2n) is 2.53. The molecule has 0 N–H and O–H groups in total. The molecule has 15 heteroatoms. The number of aromatic nitrogens is 2. The zero-order chi connectivity index (χ0) is 13.9. The van der Waals surface area contributed by atoms with Crippen LogP contribution >= 0.6 is 0 Å². The molecule has 0 aliphatic carbocycles. The van der Waals surface area contributed by atoms with E-state index in [4.69, 9.17) is 5.53 Å². The van der Waals surface area contributed by atoms with E-state index < -0.39 is 32.1 Å². The van der Waals surface area contributed by atoms with Gasteiger partial charge in [-0.2, -0.15) is 0 Å². The average Bonchev–Trinajstić information content (AvgIpc) is 2.66. The van der Waals surface area contributed by atoms with E-state index in [0.29, 0.717) is 0 Å². The van der Waals surface area contributed by atoms with Gasteiger partial charge >= 0.3 is 11.5 Å². The van der Waals surface area contributed by atoms with E-state index in [9.17, 15) is 30.3 Å². The summed E-state index contributed by atoms with van der Waals surface area (Å²) in [7, 11) is 0. The van der Waals surface area contributed by atoms with Crippen molar-refractivity contribution in [1.82, 2.24) is 10.3 Å². The molecule has 0 aromatic carbocycles. The Hall–Kier alpha value is -3.35. The monoisotopic (exact) mass is 260 g/mol. The molecular formula is C3N8O7. The molecule has 0 fully saturated rings. The van der Waals surface area contributed by atoms with Crippen molar-refractivity contribution in [3.63, 3.8) is 0 Å². The fraction of sp³-hybridized carbons (Fsp3) is 0.333. The molecule has 0 amide bonds. The third-order valence-electron chi connectivity index (χ3n) is 1.69. The van der Waals surface area contributed by atoms with Crippen LogP contribution in [0, 0.1) is 30.3 Å². The Morgan fingerprint density at radius 2 is 1.67 bits per heavy atom. The molecule has 0 radical (unpaired) electrons. The molecule has 0 unspecified atom stereocenters. The molecule has 1 aromatic heterocycles. The van der Waals surface area contributed by atoms with E-state index in [1.54, 1.807) is 0 Å². The van der Waals surface area contributed by atoms with Gasteiger partial charge in [0.1, 0.15) is 0 Å². The third-order valence-corrected chi connectivity index (χ3v) is 1.69. The number of azide groups is 1. The predicted octanol–water partition coefficient (Wildman–Crippen LogP) is -0.0482. The topological polar surface area (TPSA) is 217 Å². The highest BCUT2D eigenvalue weighted by atomic mass is 16.7. The molecule has 0 aliphatic heterocycles.